The van der Waals surface area contributed by atoms with E-state index < -0.39 is 5.97 Å². The van der Waals surface area contributed by atoms with Gasteiger partial charge in [0.05, 0.1) is 6.42 Å². The third-order valence-electron chi connectivity index (χ3n) is 1.10. The van der Waals surface area contributed by atoms with Crippen molar-refractivity contribution < 1.29 is 9.90 Å². The summed E-state index contributed by atoms with van der Waals surface area (Å²) in [6.07, 6.45) is 6.43. The Balaban J connectivity index is 3.89. The number of allylic oxidation sites excluding steroid dienone is 3. The molecule has 0 aromatic rings. The predicted octanol–water partition coefficient (Wildman–Crippen LogP) is 1.60. The molecule has 0 amide bonds. The van der Waals surface area contributed by atoms with E-state index in [0.717, 1.165) is 0 Å². The van der Waals surface area contributed by atoms with Gasteiger partial charge in [-0.1, -0.05) is 30.1 Å². The molecule has 0 radical (unpaired) electrons. The van der Waals surface area contributed by atoms with Gasteiger partial charge in [0.25, 0.3) is 0 Å². The van der Waals surface area contributed by atoms with Gasteiger partial charge in [-0.2, -0.15) is 0 Å². The van der Waals surface area contributed by atoms with Crippen LogP contribution in [0.25, 0.3) is 0 Å². The van der Waals surface area contributed by atoms with Crippen LogP contribution in [-0.4, -0.2) is 11.1 Å². The van der Waals surface area contributed by atoms with Crippen LogP contribution < -0.4 is 0 Å². The molecule has 0 aliphatic carbocycles. The molecule has 0 bridgehead atoms. The smallest absolute Gasteiger partial charge is 0.307 e. The van der Waals surface area contributed by atoms with Gasteiger partial charge >= 0.3 is 5.97 Å². The third kappa shape index (κ3) is 11.6. The lowest BCUT2D eigenvalue weighted by atomic mass is 10.3. The van der Waals surface area contributed by atoms with Crippen molar-refractivity contribution in [2.45, 2.75) is 13.3 Å². The molecule has 0 saturated carbocycles. The van der Waals surface area contributed by atoms with Gasteiger partial charge in [0.1, 0.15) is 0 Å². The van der Waals surface area contributed by atoms with Crippen molar-refractivity contribution in [1.82, 2.24) is 0 Å². The summed E-state index contributed by atoms with van der Waals surface area (Å²) < 4.78 is 0. The Labute approximate surface area is 89.7 Å². The minimum absolute atomic E-state index is 0.0175. The summed E-state index contributed by atoms with van der Waals surface area (Å²) in [5, 5.41) is 8.30. The van der Waals surface area contributed by atoms with E-state index in [9.17, 15) is 4.79 Å². The highest BCUT2D eigenvalue weighted by Crippen LogP contribution is 1.83. The maximum Gasteiger partial charge on any atom is 0.307 e. The van der Waals surface area contributed by atoms with E-state index in [2.05, 4.69) is 35.5 Å². The molecule has 0 fully saturated rings. The minimum Gasteiger partial charge on any atom is -0.481 e. The molecule has 2 nitrogen and oxygen atoms in total. The van der Waals surface area contributed by atoms with Crippen molar-refractivity contribution in [3.05, 3.63) is 24.3 Å². The maximum atomic E-state index is 10.1. The molecule has 15 heavy (non-hydrogen) atoms. The number of carboxylic acid groups (broad SMARTS) is 1. The van der Waals surface area contributed by atoms with Crippen LogP contribution in [0.4, 0.5) is 0 Å². The summed E-state index contributed by atoms with van der Waals surface area (Å²) >= 11 is 0. The fourth-order valence-corrected chi connectivity index (χ4v) is 0.554. The highest BCUT2D eigenvalue weighted by Gasteiger charge is 1.86. The standard InChI is InChI=1S/C13H10O2/c1-2-3-4-5-6-7-8-9-10-11-12-13(14)15/h8-11H,12H2,1H3,(H,14,15)/b9-8+,11-10+. The molecule has 0 unspecified atom stereocenters. The Morgan fingerprint density at radius 1 is 1.20 bits per heavy atom. The Hall–Kier alpha value is -2.37. The Morgan fingerprint density at radius 3 is 2.60 bits per heavy atom. The van der Waals surface area contributed by atoms with Crippen LogP contribution in [-0.2, 0) is 4.79 Å². The SMILES string of the molecule is CC#CC#CC#C/C=C/C=C/CC(=O)O. The summed E-state index contributed by atoms with van der Waals surface area (Å²) in [5.41, 5.74) is 0. The van der Waals surface area contributed by atoms with Crippen molar-refractivity contribution in [3.8, 4) is 35.5 Å². The van der Waals surface area contributed by atoms with Gasteiger partial charge < -0.3 is 5.11 Å². The van der Waals surface area contributed by atoms with Gasteiger partial charge in [-0.25, -0.2) is 0 Å². The zero-order chi connectivity index (χ0) is 11.4. The lowest BCUT2D eigenvalue weighted by Crippen LogP contribution is -1.89. The first kappa shape index (κ1) is 12.6. The van der Waals surface area contributed by atoms with E-state index >= 15 is 0 Å². The average Bonchev–Trinajstić information content (AvgIpc) is 2.20. The van der Waals surface area contributed by atoms with Crippen LogP contribution in [0.1, 0.15) is 13.3 Å². The Kier molecular flexibility index (Phi) is 8.18. The summed E-state index contributed by atoms with van der Waals surface area (Å²) in [7, 11) is 0. The minimum atomic E-state index is -0.852. The van der Waals surface area contributed by atoms with Crippen molar-refractivity contribution in [2.24, 2.45) is 0 Å². The molecule has 74 valence electrons. The number of hydrogen-bond acceptors (Lipinski definition) is 1. The molecule has 0 spiro atoms. The van der Waals surface area contributed by atoms with Crippen LogP contribution in [0.5, 0.6) is 0 Å². The third-order valence-corrected chi connectivity index (χ3v) is 1.10. The molecular weight excluding hydrogens is 188 g/mol. The van der Waals surface area contributed by atoms with Gasteiger partial charge in [-0.3, -0.25) is 4.79 Å². The number of carbonyl (C=O) groups is 1. The zero-order valence-corrected chi connectivity index (χ0v) is 8.37. The van der Waals surface area contributed by atoms with Crippen molar-refractivity contribution in [2.75, 3.05) is 0 Å². The number of hydrogen-bond donors (Lipinski definition) is 1. The molecule has 0 aliphatic rings. The molecule has 1 N–H and O–H groups in total. The Bertz CT molecular complexity index is 434. The van der Waals surface area contributed by atoms with Crippen LogP contribution in [0.3, 0.4) is 0 Å². The van der Waals surface area contributed by atoms with E-state index in [1.54, 1.807) is 25.2 Å². The molecule has 0 saturated heterocycles. The number of carboxylic acids is 1. The number of aliphatic carboxylic acids is 1. The summed E-state index contributed by atoms with van der Waals surface area (Å²) in [6.45, 7) is 1.70. The van der Waals surface area contributed by atoms with Gasteiger partial charge in [0, 0.05) is 0 Å². The first-order valence-corrected chi connectivity index (χ1v) is 4.23. The molecule has 0 rings (SSSR count). The summed E-state index contributed by atoms with van der Waals surface area (Å²) in [5.74, 6) is 14.6. The van der Waals surface area contributed by atoms with Gasteiger partial charge in [-0.05, 0) is 36.7 Å². The summed E-state index contributed by atoms with van der Waals surface area (Å²) in [4.78, 5) is 10.1. The van der Waals surface area contributed by atoms with Crippen LogP contribution in [0, 0.1) is 35.5 Å². The van der Waals surface area contributed by atoms with E-state index in [1.165, 1.54) is 6.08 Å². The second-order valence-corrected chi connectivity index (χ2v) is 2.28. The largest absolute Gasteiger partial charge is 0.481 e. The van der Waals surface area contributed by atoms with E-state index in [4.69, 9.17) is 5.11 Å². The highest BCUT2D eigenvalue weighted by atomic mass is 16.4. The van der Waals surface area contributed by atoms with Crippen molar-refractivity contribution in [1.29, 1.82) is 0 Å². The topological polar surface area (TPSA) is 37.3 Å². The van der Waals surface area contributed by atoms with Crippen LogP contribution in [0.2, 0.25) is 0 Å². The van der Waals surface area contributed by atoms with Gasteiger partial charge in [-0.15, -0.1) is 0 Å². The lowest BCUT2D eigenvalue weighted by Gasteiger charge is -1.79. The normalized spacial score (nSPS) is 8.33. The monoisotopic (exact) mass is 198 g/mol. The molecule has 2 heteroatoms. The maximum absolute atomic E-state index is 10.1. The fourth-order valence-electron chi connectivity index (χ4n) is 0.554. The quantitative estimate of drug-likeness (QED) is 0.552. The van der Waals surface area contributed by atoms with E-state index in [0.29, 0.717) is 0 Å². The predicted molar refractivity (Wildman–Crippen MR) is 59.5 cm³/mol. The average molecular weight is 198 g/mol. The van der Waals surface area contributed by atoms with Crippen LogP contribution >= 0.6 is 0 Å². The Morgan fingerprint density at radius 2 is 1.93 bits per heavy atom. The van der Waals surface area contributed by atoms with Gasteiger partial charge in [0.15, 0.2) is 0 Å². The summed E-state index contributed by atoms with van der Waals surface area (Å²) in [6, 6.07) is 0. The second-order valence-electron chi connectivity index (χ2n) is 2.28. The molecule has 0 heterocycles. The van der Waals surface area contributed by atoms with Crippen LogP contribution in [0.15, 0.2) is 24.3 Å². The molecule has 0 aliphatic heterocycles. The molecular formula is C13H10O2. The molecule has 0 atom stereocenters. The van der Waals surface area contributed by atoms with Crippen molar-refractivity contribution in [3.63, 3.8) is 0 Å². The van der Waals surface area contributed by atoms with Crippen molar-refractivity contribution >= 4 is 5.97 Å². The van der Waals surface area contributed by atoms with E-state index in [-0.39, 0.29) is 6.42 Å². The first-order chi connectivity index (χ1) is 7.27. The molecule has 0 aromatic carbocycles. The lowest BCUT2D eigenvalue weighted by molar-refractivity contribution is -0.135. The second kappa shape index (κ2) is 9.72. The molecule has 0 aromatic heterocycles. The van der Waals surface area contributed by atoms with E-state index in [1.807, 2.05) is 0 Å². The first-order valence-electron chi connectivity index (χ1n) is 4.23. The van der Waals surface area contributed by atoms with Gasteiger partial charge in [0.2, 0.25) is 0 Å². The number of rotatable bonds is 3. The fraction of sp³-hybridized carbons (Fsp3) is 0.154. The highest BCUT2D eigenvalue weighted by molar-refractivity contribution is 5.68. The zero-order valence-electron chi connectivity index (χ0n) is 8.37.